The lowest BCUT2D eigenvalue weighted by Gasteiger charge is -2.32. The minimum absolute atomic E-state index is 0.201. The number of carbonyl (C=O) groups is 1. The number of rotatable bonds is 2. The molecule has 0 saturated carbocycles. The zero-order valence-corrected chi connectivity index (χ0v) is 16.7. The quantitative estimate of drug-likeness (QED) is 0.462. The van der Waals surface area contributed by atoms with Gasteiger partial charge in [-0.25, -0.2) is 22.7 Å². The van der Waals surface area contributed by atoms with Crippen LogP contribution in [0.4, 0.5) is 13.2 Å². The molecule has 0 fully saturated rings. The van der Waals surface area contributed by atoms with Crippen molar-refractivity contribution < 1.29 is 18.0 Å². The number of halogens is 3. The van der Waals surface area contributed by atoms with E-state index in [4.69, 9.17) is 0 Å². The van der Waals surface area contributed by atoms with Crippen molar-refractivity contribution in [3.05, 3.63) is 71.1 Å². The van der Waals surface area contributed by atoms with Crippen LogP contribution in [0, 0.1) is 17.5 Å². The van der Waals surface area contributed by atoms with Crippen molar-refractivity contribution in [2.45, 2.75) is 19.4 Å². The molecule has 0 unspecified atom stereocenters. The van der Waals surface area contributed by atoms with E-state index in [-0.39, 0.29) is 23.2 Å². The van der Waals surface area contributed by atoms with E-state index >= 15 is 0 Å². The summed E-state index contributed by atoms with van der Waals surface area (Å²) in [5.41, 5.74) is 3.03. The van der Waals surface area contributed by atoms with Gasteiger partial charge < -0.3 is 4.90 Å². The second-order valence-electron chi connectivity index (χ2n) is 7.46. The lowest BCUT2D eigenvalue weighted by Crippen LogP contribution is -2.39. The summed E-state index contributed by atoms with van der Waals surface area (Å²) in [5, 5.41) is 8.82. The molecular weight excluding hydrogens is 409 g/mol. The first-order valence-electron chi connectivity index (χ1n) is 9.67. The van der Waals surface area contributed by atoms with Crippen LogP contribution in [0.5, 0.6) is 0 Å². The van der Waals surface area contributed by atoms with Gasteiger partial charge in [0, 0.05) is 37.1 Å². The molecule has 158 valence electrons. The molecule has 1 aromatic carbocycles. The summed E-state index contributed by atoms with van der Waals surface area (Å²) in [6.07, 6.45) is 3.70. The number of amides is 1. The smallest absolute Gasteiger partial charge is 0.274 e. The lowest BCUT2D eigenvalue weighted by atomic mass is 9.95. The molecule has 0 spiro atoms. The van der Waals surface area contributed by atoms with Gasteiger partial charge in [-0.15, -0.1) is 0 Å². The van der Waals surface area contributed by atoms with Crippen LogP contribution in [0.3, 0.4) is 0 Å². The Kier molecular flexibility index (Phi) is 4.31. The predicted molar refractivity (Wildman–Crippen MR) is 105 cm³/mol. The van der Waals surface area contributed by atoms with Crippen molar-refractivity contribution in [3.63, 3.8) is 0 Å². The third-order valence-electron chi connectivity index (χ3n) is 5.63. The summed E-state index contributed by atoms with van der Waals surface area (Å²) >= 11 is 0. The number of benzene rings is 1. The van der Waals surface area contributed by atoms with Crippen molar-refractivity contribution in [1.82, 2.24) is 29.3 Å². The molecule has 0 N–H and O–H groups in total. The van der Waals surface area contributed by atoms with Gasteiger partial charge in [0.15, 0.2) is 23.1 Å². The summed E-state index contributed by atoms with van der Waals surface area (Å²) in [6, 6.07) is 4.88. The number of carbonyl (C=O) groups excluding carboxylic acids is 1. The van der Waals surface area contributed by atoms with E-state index in [1.807, 2.05) is 6.92 Å². The summed E-state index contributed by atoms with van der Waals surface area (Å²) in [5.74, 6) is -4.27. The zero-order valence-electron chi connectivity index (χ0n) is 16.7. The van der Waals surface area contributed by atoms with Crippen molar-refractivity contribution in [2.75, 3.05) is 6.54 Å². The third-order valence-corrected chi connectivity index (χ3v) is 5.63. The van der Waals surface area contributed by atoms with Crippen molar-refractivity contribution in [1.29, 1.82) is 0 Å². The molecule has 10 heteroatoms. The van der Waals surface area contributed by atoms with E-state index in [1.54, 1.807) is 36.5 Å². The fourth-order valence-corrected chi connectivity index (χ4v) is 4.15. The topological polar surface area (TPSA) is 68.3 Å². The van der Waals surface area contributed by atoms with Gasteiger partial charge in [-0.1, -0.05) is 0 Å². The second kappa shape index (κ2) is 6.93. The zero-order chi connectivity index (χ0) is 21.9. The number of nitrogens with zero attached hydrogens (tertiary/aromatic N) is 6. The maximum absolute atomic E-state index is 13.8. The van der Waals surface area contributed by atoms with Gasteiger partial charge >= 0.3 is 0 Å². The number of aromatic nitrogens is 5. The van der Waals surface area contributed by atoms with Crippen LogP contribution in [-0.4, -0.2) is 41.7 Å². The molecule has 4 aromatic rings. The minimum atomic E-state index is -1.51. The first-order valence-corrected chi connectivity index (χ1v) is 9.67. The number of hydrogen-bond donors (Lipinski definition) is 0. The Labute approximate surface area is 174 Å². The van der Waals surface area contributed by atoms with Crippen LogP contribution in [0.2, 0.25) is 0 Å². The molecule has 0 bridgehead atoms. The highest BCUT2D eigenvalue weighted by molar-refractivity contribution is 5.93. The largest absolute Gasteiger partial charge is 0.329 e. The fourth-order valence-electron chi connectivity index (χ4n) is 4.15. The molecule has 0 aliphatic carbocycles. The standard InChI is InChI=1S/C21H17F3N6O/c1-11-19-13(20(28(2)27-19)12-9-14(22)18(24)15(23)10-12)5-7-29(11)21(31)16-3-4-17-25-6-8-30(17)26-16/h3-4,6,8-11H,5,7H2,1-2H3/t11-/m0/s1. The minimum Gasteiger partial charge on any atom is -0.329 e. The van der Waals surface area contributed by atoms with Crippen LogP contribution in [0.25, 0.3) is 16.9 Å². The van der Waals surface area contributed by atoms with Gasteiger partial charge in [0.05, 0.1) is 17.4 Å². The SMILES string of the molecule is C[C@H]1c2nn(C)c(-c3cc(F)c(F)c(F)c3)c2CCN1C(=O)c1ccc2nccn2n1. The maximum Gasteiger partial charge on any atom is 0.274 e. The molecule has 1 amide bonds. The van der Waals surface area contributed by atoms with E-state index in [1.165, 1.54) is 9.20 Å². The number of aryl methyl sites for hydroxylation is 1. The van der Waals surface area contributed by atoms with Crippen molar-refractivity contribution >= 4 is 11.6 Å². The van der Waals surface area contributed by atoms with Gasteiger partial charge in [0.1, 0.15) is 5.69 Å². The third kappa shape index (κ3) is 2.97. The maximum atomic E-state index is 13.8. The molecular formula is C21H17F3N6O. The molecule has 1 aliphatic rings. The molecule has 0 saturated heterocycles. The molecule has 1 atom stereocenters. The average Bonchev–Trinajstić information content (AvgIpc) is 3.35. The number of fused-ring (bicyclic) bond motifs is 2. The molecule has 3 aromatic heterocycles. The summed E-state index contributed by atoms with van der Waals surface area (Å²) in [7, 11) is 1.65. The number of hydrogen-bond acceptors (Lipinski definition) is 4. The van der Waals surface area contributed by atoms with E-state index in [0.29, 0.717) is 30.0 Å². The highest BCUT2D eigenvalue weighted by atomic mass is 19.2. The molecule has 5 rings (SSSR count). The fraction of sp³-hybridized carbons (Fsp3) is 0.238. The van der Waals surface area contributed by atoms with Gasteiger partial charge in [0.2, 0.25) is 0 Å². The first kappa shape index (κ1) is 19.3. The Morgan fingerprint density at radius 2 is 1.87 bits per heavy atom. The van der Waals surface area contributed by atoms with Gasteiger partial charge in [0.25, 0.3) is 5.91 Å². The van der Waals surface area contributed by atoms with E-state index in [9.17, 15) is 18.0 Å². The van der Waals surface area contributed by atoms with Crippen molar-refractivity contribution in [3.8, 4) is 11.3 Å². The van der Waals surface area contributed by atoms with Gasteiger partial charge in [-0.05, 0) is 37.6 Å². The molecule has 4 heterocycles. The van der Waals surface area contributed by atoms with Crippen LogP contribution >= 0.6 is 0 Å². The van der Waals surface area contributed by atoms with Gasteiger partial charge in [-0.3, -0.25) is 9.48 Å². The number of imidazole rings is 1. The van der Waals surface area contributed by atoms with Gasteiger partial charge in [-0.2, -0.15) is 10.2 Å². The Bertz CT molecular complexity index is 1320. The molecule has 1 aliphatic heterocycles. The average molecular weight is 426 g/mol. The van der Waals surface area contributed by atoms with Crippen LogP contribution in [0.15, 0.2) is 36.7 Å². The van der Waals surface area contributed by atoms with E-state index in [2.05, 4.69) is 15.2 Å². The summed E-state index contributed by atoms with van der Waals surface area (Å²) < 4.78 is 44.1. The lowest BCUT2D eigenvalue weighted by molar-refractivity contribution is 0.0666. The monoisotopic (exact) mass is 426 g/mol. The van der Waals surface area contributed by atoms with E-state index < -0.39 is 17.5 Å². The van der Waals surface area contributed by atoms with Crippen LogP contribution < -0.4 is 0 Å². The summed E-state index contributed by atoms with van der Waals surface area (Å²) in [4.78, 5) is 18.9. The Balaban J connectivity index is 1.51. The van der Waals surface area contributed by atoms with E-state index in [0.717, 1.165) is 17.7 Å². The first-order chi connectivity index (χ1) is 14.8. The summed E-state index contributed by atoms with van der Waals surface area (Å²) in [6.45, 7) is 2.22. The highest BCUT2D eigenvalue weighted by Crippen LogP contribution is 2.36. The molecule has 0 radical (unpaired) electrons. The van der Waals surface area contributed by atoms with Crippen LogP contribution in [0.1, 0.15) is 34.7 Å². The van der Waals surface area contributed by atoms with Crippen molar-refractivity contribution in [2.24, 2.45) is 7.05 Å². The second-order valence-corrected chi connectivity index (χ2v) is 7.46. The predicted octanol–water partition coefficient (Wildman–Crippen LogP) is 3.31. The highest BCUT2D eigenvalue weighted by Gasteiger charge is 2.34. The van der Waals surface area contributed by atoms with Crippen LogP contribution in [-0.2, 0) is 13.5 Å². The Morgan fingerprint density at radius 3 is 2.61 bits per heavy atom. The Morgan fingerprint density at radius 1 is 1.13 bits per heavy atom. The molecule has 7 nitrogen and oxygen atoms in total. The Hall–Kier alpha value is -3.69. The normalized spacial score (nSPS) is 16.0. The molecule has 31 heavy (non-hydrogen) atoms.